The van der Waals surface area contributed by atoms with E-state index < -0.39 is 16.6 Å². The molecule has 0 atom stereocenters. The third-order valence-corrected chi connectivity index (χ3v) is 3.79. The number of piperidine rings is 1. The first kappa shape index (κ1) is 15.0. The summed E-state index contributed by atoms with van der Waals surface area (Å²) in [4.78, 5) is 21.7. The summed E-state index contributed by atoms with van der Waals surface area (Å²) in [6.45, 7) is 1.33. The molecule has 0 spiro atoms. The van der Waals surface area contributed by atoms with Gasteiger partial charge in [0, 0.05) is 12.0 Å². The van der Waals surface area contributed by atoms with Gasteiger partial charge in [-0.05, 0) is 32.0 Å². The Kier molecular flexibility index (Phi) is 4.27. The van der Waals surface area contributed by atoms with E-state index in [1.807, 2.05) is 0 Å². The number of amides is 1. The molecule has 1 amide bonds. The van der Waals surface area contributed by atoms with E-state index in [0.717, 1.165) is 0 Å². The largest absolute Gasteiger partial charge is 0.465 e. The summed E-state index contributed by atoms with van der Waals surface area (Å²) in [5, 5.41) is 25.9. The molecule has 21 heavy (non-hydrogen) atoms. The van der Waals surface area contributed by atoms with Crippen molar-refractivity contribution in [2.75, 3.05) is 18.8 Å². The molecule has 1 heterocycles. The van der Waals surface area contributed by atoms with E-state index in [1.165, 1.54) is 6.07 Å². The fourth-order valence-corrected chi connectivity index (χ4v) is 2.82. The van der Waals surface area contributed by atoms with Gasteiger partial charge in [0.25, 0.3) is 5.69 Å². The number of hydrogen-bond acceptors (Lipinski definition) is 5. The van der Waals surface area contributed by atoms with Gasteiger partial charge < -0.3 is 21.5 Å². The maximum atomic E-state index is 11.2. The van der Waals surface area contributed by atoms with Crippen molar-refractivity contribution in [1.29, 1.82) is 0 Å². The maximum Gasteiger partial charge on any atom is 0.405 e. The molecule has 0 saturated carbocycles. The number of carbonyl (C=O) groups is 1. The van der Waals surface area contributed by atoms with E-state index in [0.29, 0.717) is 31.5 Å². The van der Waals surface area contributed by atoms with Gasteiger partial charge in [-0.15, -0.1) is 0 Å². The fourth-order valence-electron chi connectivity index (χ4n) is 2.82. The summed E-state index contributed by atoms with van der Waals surface area (Å²) in [7, 11) is 0. The SMILES string of the molecule is Nc1cccc(CC2(NC(=O)O)CCNCC2)c1[N+](=O)[O-]. The number of carboxylic acid groups (broad SMARTS) is 1. The molecule has 1 fully saturated rings. The van der Waals surface area contributed by atoms with E-state index in [9.17, 15) is 14.9 Å². The molecule has 2 rings (SSSR count). The average Bonchev–Trinajstić information content (AvgIpc) is 2.38. The Morgan fingerprint density at radius 3 is 2.71 bits per heavy atom. The molecule has 0 unspecified atom stereocenters. The lowest BCUT2D eigenvalue weighted by Gasteiger charge is -2.37. The Bertz CT molecular complexity index is 555. The molecule has 0 aromatic heterocycles. The zero-order valence-electron chi connectivity index (χ0n) is 11.5. The summed E-state index contributed by atoms with van der Waals surface area (Å²) in [6.07, 6.45) is 0.280. The van der Waals surface area contributed by atoms with Gasteiger partial charge in [0.15, 0.2) is 0 Å². The topological polar surface area (TPSA) is 131 Å². The summed E-state index contributed by atoms with van der Waals surface area (Å²) in [6, 6.07) is 4.75. The molecule has 1 aromatic carbocycles. The predicted octanol–water partition coefficient (Wildman–Crippen LogP) is 1.11. The number of anilines is 1. The zero-order chi connectivity index (χ0) is 15.5. The molecule has 0 bridgehead atoms. The first-order chi connectivity index (χ1) is 9.93. The Morgan fingerprint density at radius 1 is 1.48 bits per heavy atom. The Balaban J connectivity index is 2.35. The van der Waals surface area contributed by atoms with E-state index >= 15 is 0 Å². The van der Waals surface area contributed by atoms with Gasteiger partial charge in [-0.25, -0.2) is 4.79 Å². The van der Waals surface area contributed by atoms with Gasteiger partial charge >= 0.3 is 6.09 Å². The average molecular weight is 294 g/mol. The normalized spacial score (nSPS) is 17.1. The number of nitrogens with two attached hydrogens (primary N) is 1. The molecular weight excluding hydrogens is 276 g/mol. The standard InChI is InChI=1S/C13H18N4O4/c14-10-3-1-2-9(11(10)17(20)21)8-13(16-12(18)19)4-6-15-7-5-13/h1-3,15-16H,4-8,14H2,(H,18,19). The molecule has 1 aliphatic rings. The highest BCUT2D eigenvalue weighted by molar-refractivity contribution is 5.67. The second kappa shape index (κ2) is 5.96. The maximum absolute atomic E-state index is 11.2. The number of hydrogen-bond donors (Lipinski definition) is 4. The lowest BCUT2D eigenvalue weighted by atomic mass is 9.82. The van der Waals surface area contributed by atoms with Crippen LogP contribution in [0.25, 0.3) is 0 Å². The highest BCUT2D eigenvalue weighted by atomic mass is 16.6. The predicted molar refractivity (Wildman–Crippen MR) is 77.2 cm³/mol. The minimum atomic E-state index is -1.12. The second-order valence-corrected chi connectivity index (χ2v) is 5.25. The number of rotatable bonds is 4. The van der Waals surface area contributed by atoms with Crippen LogP contribution < -0.4 is 16.4 Å². The molecule has 8 nitrogen and oxygen atoms in total. The lowest BCUT2D eigenvalue weighted by molar-refractivity contribution is -0.384. The van der Waals surface area contributed by atoms with Gasteiger partial charge in [-0.1, -0.05) is 12.1 Å². The smallest absolute Gasteiger partial charge is 0.405 e. The van der Waals surface area contributed by atoms with Crippen molar-refractivity contribution < 1.29 is 14.8 Å². The Labute approximate surface area is 121 Å². The Hall–Kier alpha value is -2.35. The molecule has 5 N–H and O–H groups in total. The summed E-state index contributed by atoms with van der Waals surface area (Å²) in [5.74, 6) is 0. The minimum absolute atomic E-state index is 0.0944. The highest BCUT2D eigenvalue weighted by Gasteiger charge is 2.36. The van der Waals surface area contributed by atoms with Crippen LogP contribution in [-0.2, 0) is 6.42 Å². The molecule has 8 heteroatoms. The van der Waals surface area contributed by atoms with Crippen molar-refractivity contribution in [3.63, 3.8) is 0 Å². The number of nitro benzene ring substituents is 1. The zero-order valence-corrected chi connectivity index (χ0v) is 11.5. The first-order valence-corrected chi connectivity index (χ1v) is 6.67. The van der Waals surface area contributed by atoms with Crippen molar-refractivity contribution in [2.45, 2.75) is 24.8 Å². The number of nitrogen functional groups attached to an aromatic ring is 1. The van der Waals surface area contributed by atoms with Crippen molar-refractivity contribution in [3.8, 4) is 0 Å². The van der Waals surface area contributed by atoms with Crippen LogP contribution in [0.1, 0.15) is 18.4 Å². The molecule has 1 aliphatic heterocycles. The van der Waals surface area contributed by atoms with Crippen LogP contribution >= 0.6 is 0 Å². The van der Waals surface area contributed by atoms with E-state index in [2.05, 4.69) is 10.6 Å². The minimum Gasteiger partial charge on any atom is -0.465 e. The van der Waals surface area contributed by atoms with Crippen molar-refractivity contribution >= 4 is 17.5 Å². The quantitative estimate of drug-likeness (QED) is 0.374. The third-order valence-electron chi connectivity index (χ3n) is 3.79. The van der Waals surface area contributed by atoms with E-state index in [4.69, 9.17) is 10.8 Å². The van der Waals surface area contributed by atoms with Crippen molar-refractivity contribution in [1.82, 2.24) is 10.6 Å². The van der Waals surface area contributed by atoms with Gasteiger partial charge in [0.05, 0.1) is 10.5 Å². The molecule has 0 radical (unpaired) electrons. The fraction of sp³-hybridized carbons (Fsp3) is 0.462. The van der Waals surface area contributed by atoms with E-state index in [1.54, 1.807) is 12.1 Å². The van der Waals surface area contributed by atoms with Gasteiger partial charge in [0.1, 0.15) is 5.69 Å². The third kappa shape index (κ3) is 3.40. The summed E-state index contributed by atoms with van der Waals surface area (Å²) in [5.41, 5.74) is 5.39. The lowest BCUT2D eigenvalue weighted by Crippen LogP contribution is -2.55. The summed E-state index contributed by atoms with van der Waals surface area (Å²) < 4.78 is 0. The van der Waals surface area contributed by atoms with Gasteiger partial charge in [-0.2, -0.15) is 0 Å². The van der Waals surface area contributed by atoms with Crippen molar-refractivity contribution in [2.24, 2.45) is 0 Å². The van der Waals surface area contributed by atoms with Crippen LogP contribution in [0.3, 0.4) is 0 Å². The number of nitrogens with one attached hydrogen (secondary N) is 2. The molecule has 1 saturated heterocycles. The Morgan fingerprint density at radius 2 is 2.14 bits per heavy atom. The monoisotopic (exact) mass is 294 g/mol. The van der Waals surface area contributed by atoms with Gasteiger partial charge in [0.2, 0.25) is 0 Å². The summed E-state index contributed by atoms with van der Waals surface area (Å²) >= 11 is 0. The van der Waals surface area contributed by atoms with Crippen LogP contribution in [0.15, 0.2) is 18.2 Å². The molecular formula is C13H18N4O4. The van der Waals surface area contributed by atoms with Crippen LogP contribution in [0.4, 0.5) is 16.2 Å². The number of nitrogens with zero attached hydrogens (tertiary/aromatic N) is 1. The number of benzene rings is 1. The first-order valence-electron chi connectivity index (χ1n) is 6.67. The second-order valence-electron chi connectivity index (χ2n) is 5.25. The van der Waals surface area contributed by atoms with Crippen LogP contribution in [0, 0.1) is 10.1 Å². The van der Waals surface area contributed by atoms with Crippen LogP contribution in [0.2, 0.25) is 0 Å². The molecule has 0 aliphatic carbocycles. The van der Waals surface area contributed by atoms with Gasteiger partial charge in [-0.3, -0.25) is 10.1 Å². The highest BCUT2D eigenvalue weighted by Crippen LogP contribution is 2.32. The molecule has 114 valence electrons. The molecule has 1 aromatic rings. The number of nitro groups is 1. The van der Waals surface area contributed by atoms with Crippen LogP contribution in [-0.4, -0.2) is 34.8 Å². The van der Waals surface area contributed by atoms with E-state index in [-0.39, 0.29) is 17.8 Å². The van der Waals surface area contributed by atoms with Crippen LogP contribution in [0.5, 0.6) is 0 Å². The number of para-hydroxylation sites is 1. The van der Waals surface area contributed by atoms with Crippen molar-refractivity contribution in [3.05, 3.63) is 33.9 Å².